The molecular formula is C49H51Cl2SiZr. The summed E-state index contributed by atoms with van der Waals surface area (Å²) in [6.07, 6.45) is 4.78. The molecule has 3 radical (unpaired) electrons. The number of benzene rings is 6. The molecular weight excluding hydrogens is 779 g/mol. The molecule has 0 heterocycles. The molecule has 0 bridgehead atoms. The van der Waals surface area contributed by atoms with Gasteiger partial charge in [0, 0.05) is 15.4 Å². The maximum Gasteiger partial charge on any atom is 3.00 e. The molecule has 0 aromatic heterocycles. The van der Waals surface area contributed by atoms with Crippen LogP contribution in [0.5, 0.6) is 0 Å². The van der Waals surface area contributed by atoms with Crippen LogP contribution in [0.1, 0.15) is 95.0 Å². The third-order valence-electron chi connectivity index (χ3n) is 10.6. The molecule has 0 aliphatic heterocycles. The largest absolute Gasteiger partial charge is 3.00 e. The minimum absolute atomic E-state index is 0. The van der Waals surface area contributed by atoms with Gasteiger partial charge in [0.15, 0.2) is 0 Å². The first kappa shape index (κ1) is 42.9. The van der Waals surface area contributed by atoms with Crippen LogP contribution in [-0.2, 0) is 37.0 Å². The molecule has 0 N–H and O–H groups in total. The van der Waals surface area contributed by atoms with Gasteiger partial charge in [0.05, 0.1) is 0 Å². The van der Waals surface area contributed by atoms with E-state index in [1.165, 1.54) is 87.6 Å². The van der Waals surface area contributed by atoms with Crippen molar-refractivity contribution in [3.05, 3.63) is 143 Å². The van der Waals surface area contributed by atoms with Gasteiger partial charge in [-0.2, -0.15) is 0 Å². The van der Waals surface area contributed by atoms with Crippen LogP contribution in [0.2, 0.25) is 13.1 Å². The molecule has 0 fully saturated rings. The van der Waals surface area contributed by atoms with Gasteiger partial charge in [-0.05, 0) is 67.1 Å². The van der Waals surface area contributed by atoms with E-state index in [1.54, 1.807) is 0 Å². The monoisotopic (exact) mass is 827 g/mol. The Balaban J connectivity index is 0.00000101. The first-order valence-corrected chi connectivity index (χ1v) is 20.5. The standard InChI is InChI=1S/C47H45.C2H6Si.2ClH.Zr/c1-8-14-31-27-40-38(19-13-20-39(40)44-35-17-11-9-15-29(35)25-30-16-10-12-18-36(30)44)43(31)45-41-28-32-26-33(46(2,3)4)21-22-34(32)37(41)23-24-42(45)47(5,6)7;1-3-2;;;/h9-13,15-28,43H,8,14H2,1-7H3;1-2H3;2*1H;/q-1;;;;+3/p-2. The summed E-state index contributed by atoms with van der Waals surface area (Å²) in [5, 5.41) is 10.8. The number of hydrogen-bond donors (Lipinski definition) is 0. The summed E-state index contributed by atoms with van der Waals surface area (Å²) >= 11 is 0. The summed E-state index contributed by atoms with van der Waals surface area (Å²) in [4.78, 5) is 0. The predicted octanol–water partition coefficient (Wildman–Crippen LogP) is 8.40. The smallest absolute Gasteiger partial charge is 1.00 e. The second-order valence-corrected chi connectivity index (χ2v) is 17.3. The van der Waals surface area contributed by atoms with E-state index in [2.05, 4.69) is 177 Å². The Labute approximate surface area is 352 Å². The molecule has 0 saturated heterocycles. The van der Waals surface area contributed by atoms with E-state index in [0.717, 1.165) is 22.4 Å². The van der Waals surface area contributed by atoms with E-state index in [9.17, 15) is 0 Å². The maximum absolute atomic E-state index is 2.57. The first-order valence-electron chi connectivity index (χ1n) is 18.5. The average Bonchev–Trinajstić information content (AvgIpc) is 3.64. The number of allylic oxidation sites excluding steroid dienone is 1. The topological polar surface area (TPSA) is 0 Å². The van der Waals surface area contributed by atoms with Gasteiger partial charge in [0.1, 0.15) is 0 Å². The van der Waals surface area contributed by atoms with Crippen molar-refractivity contribution in [3.63, 3.8) is 0 Å². The van der Waals surface area contributed by atoms with E-state index in [-0.39, 0.29) is 67.8 Å². The van der Waals surface area contributed by atoms with Gasteiger partial charge in [-0.15, -0.1) is 33.7 Å². The van der Waals surface area contributed by atoms with Gasteiger partial charge in [-0.3, -0.25) is 0 Å². The molecule has 7 aromatic carbocycles. The SMILES string of the molecule is CCCC1=Cc2c(-c3c4ccccc4cc4ccccc34)cccc2C1c1c(C(C)(C)C)ccc2c1[cH-]c1cc(C(C)(C)C)ccc12.C[Si]C.[Cl-].[Cl-].[Zr+3]. The van der Waals surface area contributed by atoms with E-state index in [1.807, 2.05) is 0 Å². The summed E-state index contributed by atoms with van der Waals surface area (Å²) in [7, 11) is 1.08. The quantitative estimate of drug-likeness (QED) is 0.0951. The predicted molar refractivity (Wildman–Crippen MR) is 224 cm³/mol. The van der Waals surface area contributed by atoms with Crippen LogP contribution in [0.15, 0.2) is 115 Å². The average molecular weight is 830 g/mol. The van der Waals surface area contributed by atoms with Crippen molar-refractivity contribution in [3.8, 4) is 11.1 Å². The maximum atomic E-state index is 2.57. The molecule has 1 unspecified atom stereocenters. The van der Waals surface area contributed by atoms with Crippen LogP contribution < -0.4 is 24.8 Å². The molecule has 0 saturated carbocycles. The van der Waals surface area contributed by atoms with Gasteiger partial charge in [0.2, 0.25) is 0 Å². The van der Waals surface area contributed by atoms with Gasteiger partial charge in [-0.25, -0.2) is 0 Å². The Bertz CT molecular complexity index is 2360. The van der Waals surface area contributed by atoms with Gasteiger partial charge in [-0.1, -0.05) is 187 Å². The van der Waals surface area contributed by atoms with Crippen molar-refractivity contribution in [2.75, 3.05) is 0 Å². The molecule has 4 heteroatoms. The Kier molecular flexibility index (Phi) is 13.6. The molecule has 53 heavy (non-hydrogen) atoms. The number of fused-ring (bicyclic) bond motifs is 6. The van der Waals surface area contributed by atoms with Crippen LogP contribution in [0.3, 0.4) is 0 Å². The minimum atomic E-state index is 0. The first-order chi connectivity index (χ1) is 24.0. The van der Waals surface area contributed by atoms with Gasteiger partial charge in [0.25, 0.3) is 0 Å². The van der Waals surface area contributed by atoms with Crippen LogP contribution >= 0.6 is 0 Å². The summed E-state index contributed by atoms with van der Waals surface area (Å²) in [5.41, 5.74) is 11.5. The molecule has 1 atom stereocenters. The van der Waals surface area contributed by atoms with Crippen molar-refractivity contribution >= 4 is 58.7 Å². The van der Waals surface area contributed by atoms with Crippen molar-refractivity contribution < 1.29 is 51.0 Å². The summed E-state index contributed by atoms with van der Waals surface area (Å²) in [6.45, 7) is 20.7. The van der Waals surface area contributed by atoms with Crippen molar-refractivity contribution in [2.24, 2.45) is 0 Å². The minimum Gasteiger partial charge on any atom is -1.00 e. The fourth-order valence-corrected chi connectivity index (χ4v) is 8.37. The van der Waals surface area contributed by atoms with Gasteiger partial charge >= 0.3 is 26.2 Å². The van der Waals surface area contributed by atoms with Crippen LogP contribution in [0.25, 0.3) is 60.3 Å². The van der Waals surface area contributed by atoms with Crippen LogP contribution in [0.4, 0.5) is 0 Å². The normalized spacial score (nSPS) is 13.8. The molecule has 0 spiro atoms. The number of rotatable bonds is 4. The van der Waals surface area contributed by atoms with Gasteiger partial charge < -0.3 is 24.8 Å². The Morgan fingerprint density at radius 2 is 1.26 bits per heavy atom. The molecule has 8 rings (SSSR count). The fourth-order valence-electron chi connectivity index (χ4n) is 8.37. The van der Waals surface area contributed by atoms with Crippen LogP contribution in [0, 0.1) is 0 Å². The molecule has 0 nitrogen and oxygen atoms in total. The zero-order chi connectivity index (χ0) is 35.4. The van der Waals surface area contributed by atoms with E-state index >= 15 is 0 Å². The summed E-state index contributed by atoms with van der Waals surface area (Å²) < 4.78 is 0. The third-order valence-corrected chi connectivity index (χ3v) is 10.6. The third kappa shape index (κ3) is 7.82. The molecule has 269 valence electrons. The Hall–Kier alpha value is -2.87. The summed E-state index contributed by atoms with van der Waals surface area (Å²) in [5.74, 6) is 0.225. The van der Waals surface area contributed by atoms with Crippen molar-refractivity contribution in [2.45, 2.75) is 91.1 Å². The Morgan fingerprint density at radius 3 is 1.85 bits per heavy atom. The van der Waals surface area contributed by atoms with Crippen molar-refractivity contribution in [1.82, 2.24) is 0 Å². The summed E-state index contributed by atoms with van der Waals surface area (Å²) in [6, 6.07) is 41.8. The number of halogens is 2. The van der Waals surface area contributed by atoms with E-state index in [4.69, 9.17) is 0 Å². The molecule has 7 aromatic rings. The van der Waals surface area contributed by atoms with E-state index in [0.29, 0.717) is 0 Å². The van der Waals surface area contributed by atoms with Crippen LogP contribution in [-0.4, -0.2) is 9.52 Å². The molecule has 1 aliphatic carbocycles. The fraction of sp³-hybridized carbons (Fsp3) is 0.286. The zero-order valence-electron chi connectivity index (χ0n) is 32.7. The van der Waals surface area contributed by atoms with E-state index < -0.39 is 0 Å². The molecule has 0 amide bonds. The second kappa shape index (κ2) is 16.9. The molecule has 1 aliphatic rings. The Morgan fingerprint density at radius 1 is 0.660 bits per heavy atom. The zero-order valence-corrected chi connectivity index (χ0v) is 37.7. The number of hydrogen-bond acceptors (Lipinski definition) is 0. The second-order valence-electron chi connectivity index (χ2n) is 16.3. The van der Waals surface area contributed by atoms with Crippen molar-refractivity contribution in [1.29, 1.82) is 0 Å².